The number of benzene rings is 1. The van der Waals surface area contributed by atoms with Crippen LogP contribution < -0.4 is 10.6 Å². The summed E-state index contributed by atoms with van der Waals surface area (Å²) in [6.45, 7) is 12.6. The highest BCUT2D eigenvalue weighted by molar-refractivity contribution is 5.76. The Morgan fingerprint density at radius 2 is 1.79 bits per heavy atom. The lowest BCUT2D eigenvalue weighted by atomic mass is 10.1. The van der Waals surface area contributed by atoms with Gasteiger partial charge in [0.25, 0.3) is 0 Å². The number of carbonyl (C=O) groups is 1. The van der Waals surface area contributed by atoms with Crippen LogP contribution in [0.3, 0.4) is 0 Å². The third kappa shape index (κ3) is 8.46. The molecule has 1 rings (SSSR count). The predicted molar refractivity (Wildman–Crippen MR) is 102 cm³/mol. The van der Waals surface area contributed by atoms with Crippen molar-refractivity contribution in [3.8, 4) is 0 Å². The smallest absolute Gasteiger partial charge is 0.221 e. The number of carbonyl (C=O) groups excluding carboxylic acids is 1. The summed E-state index contributed by atoms with van der Waals surface area (Å²) in [5.74, 6) is 0.137. The fourth-order valence-corrected chi connectivity index (χ4v) is 2.84. The molecule has 1 aromatic carbocycles. The average molecular weight is 334 g/mol. The first-order chi connectivity index (χ1) is 11.6. The fourth-order valence-electron chi connectivity index (χ4n) is 2.84. The van der Waals surface area contributed by atoms with E-state index in [1.54, 1.807) is 0 Å². The van der Waals surface area contributed by atoms with Gasteiger partial charge in [-0.25, -0.2) is 0 Å². The molecule has 0 radical (unpaired) electrons. The van der Waals surface area contributed by atoms with Gasteiger partial charge >= 0.3 is 0 Å². The molecule has 0 bridgehead atoms. The summed E-state index contributed by atoms with van der Waals surface area (Å²) in [5.41, 5.74) is 1.25. The quantitative estimate of drug-likeness (QED) is 0.616. The van der Waals surface area contributed by atoms with Gasteiger partial charge in [0.2, 0.25) is 5.91 Å². The summed E-state index contributed by atoms with van der Waals surface area (Å²) in [6, 6.07) is 10.8. The van der Waals surface area contributed by atoms with Crippen molar-refractivity contribution in [1.82, 2.24) is 15.5 Å². The Morgan fingerprint density at radius 3 is 2.42 bits per heavy atom. The molecule has 0 aromatic heterocycles. The van der Waals surface area contributed by atoms with Crippen molar-refractivity contribution in [3.05, 3.63) is 35.9 Å². The Morgan fingerprint density at radius 1 is 1.12 bits per heavy atom. The van der Waals surface area contributed by atoms with Gasteiger partial charge in [0, 0.05) is 25.0 Å². The molecule has 24 heavy (non-hydrogen) atoms. The zero-order chi connectivity index (χ0) is 17.8. The van der Waals surface area contributed by atoms with E-state index >= 15 is 0 Å². The molecule has 0 aliphatic heterocycles. The van der Waals surface area contributed by atoms with Gasteiger partial charge in [0.15, 0.2) is 0 Å². The van der Waals surface area contributed by atoms with Crippen molar-refractivity contribution in [3.63, 3.8) is 0 Å². The van der Waals surface area contributed by atoms with E-state index in [1.165, 1.54) is 5.56 Å². The third-order valence-corrected chi connectivity index (χ3v) is 4.52. The van der Waals surface area contributed by atoms with Crippen molar-refractivity contribution in [1.29, 1.82) is 0 Å². The number of nitrogens with one attached hydrogen (secondary N) is 2. The summed E-state index contributed by atoms with van der Waals surface area (Å²) in [4.78, 5) is 14.4. The minimum atomic E-state index is 0.137. The SMILES string of the molecule is CCN(CC)CCC[C@@H](C)NC(=O)CCN[C@@H](C)c1ccccc1. The Labute approximate surface area is 148 Å². The second-order valence-electron chi connectivity index (χ2n) is 6.47. The maximum absolute atomic E-state index is 12.0. The van der Waals surface area contributed by atoms with Gasteiger partial charge in [-0.1, -0.05) is 44.2 Å². The van der Waals surface area contributed by atoms with E-state index in [1.807, 2.05) is 18.2 Å². The van der Waals surface area contributed by atoms with Crippen LogP contribution in [0, 0.1) is 0 Å². The Balaban J connectivity index is 2.14. The van der Waals surface area contributed by atoms with Gasteiger partial charge in [0.1, 0.15) is 0 Å². The molecule has 4 nitrogen and oxygen atoms in total. The second-order valence-corrected chi connectivity index (χ2v) is 6.47. The largest absolute Gasteiger partial charge is 0.354 e. The molecular weight excluding hydrogens is 298 g/mol. The lowest BCUT2D eigenvalue weighted by molar-refractivity contribution is -0.121. The van der Waals surface area contributed by atoms with Crippen molar-refractivity contribution < 1.29 is 4.79 Å². The molecule has 0 spiro atoms. The van der Waals surface area contributed by atoms with E-state index < -0.39 is 0 Å². The summed E-state index contributed by atoms with van der Waals surface area (Å²) >= 11 is 0. The highest BCUT2D eigenvalue weighted by Crippen LogP contribution is 2.10. The maximum Gasteiger partial charge on any atom is 0.221 e. The van der Waals surface area contributed by atoms with E-state index in [4.69, 9.17) is 0 Å². The first-order valence-corrected chi connectivity index (χ1v) is 9.36. The predicted octanol–water partition coefficient (Wildman–Crippen LogP) is 3.35. The summed E-state index contributed by atoms with van der Waals surface area (Å²) in [5, 5.41) is 6.51. The molecule has 0 aliphatic carbocycles. The van der Waals surface area contributed by atoms with E-state index in [9.17, 15) is 4.79 Å². The molecule has 0 unspecified atom stereocenters. The van der Waals surface area contributed by atoms with Gasteiger partial charge in [0.05, 0.1) is 0 Å². The lowest BCUT2D eigenvalue weighted by Gasteiger charge is -2.20. The van der Waals surface area contributed by atoms with E-state index in [2.05, 4.69) is 55.4 Å². The van der Waals surface area contributed by atoms with Crippen molar-refractivity contribution in [2.75, 3.05) is 26.2 Å². The molecule has 0 saturated heterocycles. The zero-order valence-electron chi connectivity index (χ0n) is 15.8. The summed E-state index contributed by atoms with van der Waals surface area (Å²) in [7, 11) is 0. The number of hydrogen-bond acceptors (Lipinski definition) is 3. The molecule has 0 saturated carbocycles. The van der Waals surface area contributed by atoms with Gasteiger partial charge in [-0.15, -0.1) is 0 Å². The summed E-state index contributed by atoms with van der Waals surface area (Å²) in [6.07, 6.45) is 2.69. The minimum absolute atomic E-state index is 0.137. The van der Waals surface area contributed by atoms with E-state index in [-0.39, 0.29) is 18.0 Å². The van der Waals surface area contributed by atoms with Crippen molar-refractivity contribution >= 4 is 5.91 Å². The van der Waals surface area contributed by atoms with Crippen LogP contribution in [-0.4, -0.2) is 43.0 Å². The molecule has 1 aromatic rings. The second kappa shape index (κ2) is 12.0. The van der Waals surface area contributed by atoms with Crippen LogP contribution >= 0.6 is 0 Å². The maximum atomic E-state index is 12.0. The fraction of sp³-hybridized carbons (Fsp3) is 0.650. The number of nitrogens with zero attached hydrogens (tertiary/aromatic N) is 1. The van der Waals surface area contributed by atoms with Gasteiger partial charge in [-0.3, -0.25) is 4.79 Å². The van der Waals surface area contributed by atoms with Gasteiger partial charge in [-0.05, 0) is 51.9 Å². The molecule has 0 fully saturated rings. The molecule has 2 N–H and O–H groups in total. The first-order valence-electron chi connectivity index (χ1n) is 9.36. The number of hydrogen-bond donors (Lipinski definition) is 2. The number of rotatable bonds is 12. The first kappa shape index (κ1) is 20.7. The third-order valence-electron chi connectivity index (χ3n) is 4.52. The monoisotopic (exact) mass is 333 g/mol. The molecule has 1 amide bonds. The highest BCUT2D eigenvalue weighted by Gasteiger charge is 2.09. The average Bonchev–Trinajstić information content (AvgIpc) is 2.59. The van der Waals surface area contributed by atoms with E-state index in [0.29, 0.717) is 13.0 Å². The topological polar surface area (TPSA) is 44.4 Å². The van der Waals surface area contributed by atoms with Crippen LogP contribution in [0.4, 0.5) is 0 Å². The van der Waals surface area contributed by atoms with Crippen LogP contribution in [0.15, 0.2) is 30.3 Å². The molecule has 4 heteroatoms. The van der Waals surface area contributed by atoms with Crippen molar-refractivity contribution in [2.45, 2.75) is 59.0 Å². The molecule has 0 heterocycles. The normalized spacial score (nSPS) is 13.7. The zero-order valence-corrected chi connectivity index (χ0v) is 15.8. The van der Waals surface area contributed by atoms with Crippen LogP contribution in [0.2, 0.25) is 0 Å². The molecular formula is C20H35N3O. The van der Waals surface area contributed by atoms with Gasteiger partial charge in [-0.2, -0.15) is 0 Å². The molecule has 0 aliphatic rings. The number of amides is 1. The van der Waals surface area contributed by atoms with Crippen LogP contribution in [-0.2, 0) is 4.79 Å². The van der Waals surface area contributed by atoms with Crippen LogP contribution in [0.5, 0.6) is 0 Å². The highest BCUT2D eigenvalue weighted by atomic mass is 16.1. The summed E-state index contributed by atoms with van der Waals surface area (Å²) < 4.78 is 0. The standard InChI is InChI=1S/C20H35N3O/c1-5-23(6-2)16-10-11-17(3)22-20(24)14-15-21-18(4)19-12-8-7-9-13-19/h7-9,12-13,17-18,21H,5-6,10-11,14-16H2,1-4H3,(H,22,24)/t17-,18+/m1/s1. The molecule has 2 atom stereocenters. The molecule has 136 valence electrons. The Bertz CT molecular complexity index is 445. The minimum Gasteiger partial charge on any atom is -0.354 e. The van der Waals surface area contributed by atoms with Crippen LogP contribution in [0.1, 0.15) is 58.6 Å². The van der Waals surface area contributed by atoms with E-state index in [0.717, 1.165) is 32.5 Å². The van der Waals surface area contributed by atoms with Gasteiger partial charge < -0.3 is 15.5 Å². The Hall–Kier alpha value is -1.39. The Kier molecular flexibility index (Phi) is 10.4. The van der Waals surface area contributed by atoms with Crippen LogP contribution in [0.25, 0.3) is 0 Å². The van der Waals surface area contributed by atoms with Crippen molar-refractivity contribution in [2.24, 2.45) is 0 Å². The lowest BCUT2D eigenvalue weighted by Crippen LogP contribution is -2.35.